The second kappa shape index (κ2) is 2.59. The average molecular weight is 192 g/mol. The minimum Gasteiger partial charge on any atom is -0.481 e. The smallest absolute Gasteiger partial charge is 0.312 e. The van der Waals surface area contributed by atoms with Gasteiger partial charge in [0.2, 0.25) is 0 Å². The fourth-order valence-corrected chi connectivity index (χ4v) is 2.28. The zero-order valence-electron chi connectivity index (χ0n) is 7.81. The number of rotatable bonds is 2. The number of fused-ring (bicyclic) bond motifs is 1. The number of carboxylic acid groups (broad SMARTS) is 1. The number of nitrogens with zero attached hydrogens (tertiary/aromatic N) is 2. The molecule has 0 radical (unpaired) electrons. The normalized spacial score (nSPS) is 25.0. The van der Waals surface area contributed by atoms with Crippen LogP contribution < -0.4 is 0 Å². The van der Waals surface area contributed by atoms with Gasteiger partial charge in [-0.05, 0) is 25.7 Å². The Bertz CT molecular complexity index is 393. The third kappa shape index (κ3) is 0.997. The van der Waals surface area contributed by atoms with Gasteiger partial charge in [-0.1, -0.05) is 0 Å². The van der Waals surface area contributed by atoms with Crippen LogP contribution in [0.5, 0.6) is 0 Å². The molecule has 1 aromatic heterocycles. The summed E-state index contributed by atoms with van der Waals surface area (Å²) in [5.41, 5.74) is 1.98. The monoisotopic (exact) mass is 192 g/mol. The minimum atomic E-state index is -0.703. The highest BCUT2D eigenvalue weighted by Crippen LogP contribution is 2.41. The number of hydrogen-bond donors (Lipinski definition) is 1. The van der Waals surface area contributed by atoms with E-state index in [-0.39, 0.29) is 5.92 Å². The van der Waals surface area contributed by atoms with Gasteiger partial charge in [-0.25, -0.2) is 4.98 Å². The summed E-state index contributed by atoms with van der Waals surface area (Å²) in [4.78, 5) is 15.3. The van der Waals surface area contributed by atoms with Gasteiger partial charge >= 0.3 is 5.97 Å². The highest BCUT2D eigenvalue weighted by atomic mass is 16.4. The molecular weight excluding hydrogens is 180 g/mol. The molecular formula is C10H12N2O2. The molecule has 4 heteroatoms. The molecule has 14 heavy (non-hydrogen) atoms. The second-order valence-corrected chi connectivity index (χ2v) is 4.14. The van der Waals surface area contributed by atoms with Crippen LogP contribution in [0.1, 0.15) is 42.6 Å². The van der Waals surface area contributed by atoms with E-state index in [1.54, 1.807) is 0 Å². The third-order valence-corrected chi connectivity index (χ3v) is 3.15. The van der Waals surface area contributed by atoms with Gasteiger partial charge in [0.15, 0.2) is 0 Å². The molecule has 1 saturated carbocycles. The molecule has 1 fully saturated rings. The lowest BCUT2D eigenvalue weighted by molar-refractivity contribution is -0.138. The predicted molar refractivity (Wildman–Crippen MR) is 49.2 cm³/mol. The first-order valence-electron chi connectivity index (χ1n) is 5.06. The fraction of sp³-hybridized carbons (Fsp3) is 0.600. The van der Waals surface area contributed by atoms with E-state index in [9.17, 15) is 4.79 Å². The highest BCUT2D eigenvalue weighted by molar-refractivity contribution is 5.76. The number of carbonyl (C=O) groups is 1. The third-order valence-electron chi connectivity index (χ3n) is 3.15. The van der Waals surface area contributed by atoms with Gasteiger partial charge in [0.05, 0.1) is 23.6 Å². The fourth-order valence-electron chi connectivity index (χ4n) is 2.28. The summed E-state index contributed by atoms with van der Waals surface area (Å²) in [6, 6.07) is 0.534. The predicted octanol–water partition coefficient (Wildman–Crippen LogP) is 1.33. The summed E-state index contributed by atoms with van der Waals surface area (Å²) in [5.74, 6) is -1.01. The van der Waals surface area contributed by atoms with E-state index in [1.807, 2.05) is 6.33 Å². The Kier molecular flexibility index (Phi) is 1.48. The Hall–Kier alpha value is -1.32. The number of carboxylic acids is 1. The number of aromatic nitrogens is 2. The van der Waals surface area contributed by atoms with Gasteiger partial charge < -0.3 is 9.67 Å². The molecule has 2 aliphatic rings. The molecule has 0 saturated heterocycles. The number of imidazole rings is 1. The highest BCUT2D eigenvalue weighted by Gasteiger charge is 2.36. The maximum atomic E-state index is 11.0. The Morgan fingerprint density at radius 3 is 2.93 bits per heavy atom. The van der Waals surface area contributed by atoms with Crippen LogP contribution in [0.25, 0.3) is 0 Å². The molecule has 1 atom stereocenters. The maximum Gasteiger partial charge on any atom is 0.312 e. The summed E-state index contributed by atoms with van der Waals surface area (Å²) in [6.07, 6.45) is 5.72. The molecule has 3 rings (SSSR count). The Labute approximate surface area is 81.6 Å². The van der Waals surface area contributed by atoms with Crippen molar-refractivity contribution in [3.63, 3.8) is 0 Å². The van der Waals surface area contributed by atoms with Gasteiger partial charge in [0, 0.05) is 6.04 Å². The SMILES string of the molecule is O=C(O)C1CCc2ncn(C3CC3)c21. The maximum absolute atomic E-state index is 11.0. The van der Waals surface area contributed by atoms with Gasteiger partial charge in [-0.3, -0.25) is 4.79 Å². The topological polar surface area (TPSA) is 55.1 Å². The molecule has 0 spiro atoms. The van der Waals surface area contributed by atoms with Gasteiger partial charge in [-0.15, -0.1) is 0 Å². The summed E-state index contributed by atoms with van der Waals surface area (Å²) in [5, 5.41) is 9.06. The molecule has 1 unspecified atom stereocenters. The molecule has 2 aliphatic carbocycles. The molecule has 0 aromatic carbocycles. The van der Waals surface area contributed by atoms with Crippen molar-refractivity contribution < 1.29 is 9.90 Å². The molecule has 74 valence electrons. The van der Waals surface area contributed by atoms with Crippen molar-refractivity contribution in [3.8, 4) is 0 Å². The summed E-state index contributed by atoms with van der Waals surface area (Å²) in [6.45, 7) is 0. The second-order valence-electron chi connectivity index (χ2n) is 4.14. The lowest BCUT2D eigenvalue weighted by atomic mass is 10.1. The van der Waals surface area contributed by atoms with E-state index in [0.717, 1.165) is 24.2 Å². The lowest BCUT2D eigenvalue weighted by Gasteiger charge is -2.09. The minimum absolute atomic E-state index is 0.312. The van der Waals surface area contributed by atoms with Crippen molar-refractivity contribution in [2.45, 2.75) is 37.6 Å². The molecule has 0 bridgehead atoms. The first-order valence-corrected chi connectivity index (χ1v) is 5.06. The molecule has 4 nitrogen and oxygen atoms in total. The number of aliphatic carboxylic acids is 1. The van der Waals surface area contributed by atoms with E-state index in [1.165, 1.54) is 12.8 Å². The van der Waals surface area contributed by atoms with E-state index >= 15 is 0 Å². The van der Waals surface area contributed by atoms with Crippen LogP contribution in [0.3, 0.4) is 0 Å². The van der Waals surface area contributed by atoms with Crippen molar-refractivity contribution in [1.82, 2.24) is 9.55 Å². The van der Waals surface area contributed by atoms with Crippen molar-refractivity contribution >= 4 is 5.97 Å². The first kappa shape index (κ1) is 8.03. The lowest BCUT2D eigenvalue weighted by Crippen LogP contribution is -2.12. The van der Waals surface area contributed by atoms with Crippen LogP contribution in [-0.4, -0.2) is 20.6 Å². The van der Waals surface area contributed by atoms with Crippen LogP contribution in [0.15, 0.2) is 6.33 Å². The summed E-state index contributed by atoms with van der Waals surface area (Å²) < 4.78 is 2.08. The van der Waals surface area contributed by atoms with Crippen LogP contribution >= 0.6 is 0 Å². The van der Waals surface area contributed by atoms with Crippen LogP contribution in [0, 0.1) is 0 Å². The number of aryl methyl sites for hydroxylation is 1. The largest absolute Gasteiger partial charge is 0.481 e. The average Bonchev–Trinajstić information content (AvgIpc) is 2.77. The summed E-state index contributed by atoms with van der Waals surface area (Å²) >= 11 is 0. The van der Waals surface area contributed by atoms with Crippen molar-refractivity contribution in [2.24, 2.45) is 0 Å². The molecule has 0 aliphatic heterocycles. The molecule has 1 aromatic rings. The van der Waals surface area contributed by atoms with E-state index < -0.39 is 5.97 Å². The number of hydrogen-bond acceptors (Lipinski definition) is 2. The zero-order chi connectivity index (χ0) is 9.71. The van der Waals surface area contributed by atoms with Crippen molar-refractivity contribution in [2.75, 3.05) is 0 Å². The van der Waals surface area contributed by atoms with Crippen LogP contribution in [0.2, 0.25) is 0 Å². The Morgan fingerprint density at radius 2 is 2.29 bits per heavy atom. The first-order chi connectivity index (χ1) is 6.77. The van der Waals surface area contributed by atoms with E-state index in [4.69, 9.17) is 5.11 Å². The Balaban J connectivity index is 2.05. The Morgan fingerprint density at radius 1 is 1.50 bits per heavy atom. The van der Waals surface area contributed by atoms with E-state index in [2.05, 4.69) is 9.55 Å². The quantitative estimate of drug-likeness (QED) is 0.769. The standard InChI is InChI=1S/C10H12N2O2/c13-10(14)7-3-4-8-9(7)12(5-11-8)6-1-2-6/h5-7H,1-4H2,(H,13,14). The van der Waals surface area contributed by atoms with Gasteiger partial charge in [0.1, 0.15) is 0 Å². The zero-order valence-corrected chi connectivity index (χ0v) is 7.81. The van der Waals surface area contributed by atoms with Crippen molar-refractivity contribution in [3.05, 3.63) is 17.7 Å². The van der Waals surface area contributed by atoms with Crippen LogP contribution in [-0.2, 0) is 11.2 Å². The van der Waals surface area contributed by atoms with E-state index in [0.29, 0.717) is 6.04 Å². The van der Waals surface area contributed by atoms with Gasteiger partial charge in [-0.2, -0.15) is 0 Å². The van der Waals surface area contributed by atoms with Crippen molar-refractivity contribution in [1.29, 1.82) is 0 Å². The van der Waals surface area contributed by atoms with Crippen LogP contribution in [0.4, 0.5) is 0 Å². The molecule has 1 N–H and O–H groups in total. The molecule has 0 amide bonds. The molecule has 1 heterocycles. The van der Waals surface area contributed by atoms with Gasteiger partial charge in [0.25, 0.3) is 0 Å². The summed E-state index contributed by atoms with van der Waals surface area (Å²) in [7, 11) is 0.